The third-order valence-corrected chi connectivity index (χ3v) is 13.3. The third kappa shape index (κ3) is 8.04. The summed E-state index contributed by atoms with van der Waals surface area (Å²) in [5.74, 6) is -79.1. The van der Waals surface area contributed by atoms with E-state index in [4.69, 9.17) is 0 Å². The average molecular weight is 886 g/mol. The minimum Gasteiger partial charge on any atom is -0.303 e. The Labute approximate surface area is 293 Å². The average Bonchev–Trinajstić information content (AvgIpc) is 3.00. The van der Waals surface area contributed by atoms with E-state index >= 15 is 0 Å². The number of halogens is 26. The smallest absolute Gasteiger partial charge is 0.303 e. The molecule has 0 N–H and O–H groups in total. The van der Waals surface area contributed by atoms with Crippen molar-refractivity contribution in [2.75, 3.05) is 14.1 Å². The van der Waals surface area contributed by atoms with Crippen LogP contribution in [-0.4, -0.2) is 98.6 Å². The first kappa shape index (κ1) is 50.6. The van der Waals surface area contributed by atoms with E-state index in [1.165, 1.54) is 25.9 Å². The largest absolute Gasteiger partial charge is 0.460 e. The van der Waals surface area contributed by atoms with Crippen molar-refractivity contribution in [2.24, 2.45) is 0 Å². The molecule has 0 unspecified atom stereocenters. The summed E-state index contributed by atoms with van der Waals surface area (Å²) in [6, 6.07) is -1.46. The molecule has 0 radical (unpaired) electrons. The monoisotopic (exact) mass is 885 g/mol. The van der Waals surface area contributed by atoms with E-state index in [0.717, 1.165) is 12.1 Å². The molecule has 0 aliphatic carbocycles. The van der Waals surface area contributed by atoms with Gasteiger partial charge in [0.1, 0.15) is 0 Å². The third-order valence-electron chi connectivity index (χ3n) is 8.84. The maximum atomic E-state index is 14.7. The van der Waals surface area contributed by atoms with Crippen LogP contribution in [0.1, 0.15) is 31.4 Å². The van der Waals surface area contributed by atoms with E-state index in [9.17, 15) is 114 Å². The van der Waals surface area contributed by atoms with Gasteiger partial charge < -0.3 is 4.90 Å². The zero-order valence-electron chi connectivity index (χ0n) is 27.5. The summed E-state index contributed by atoms with van der Waals surface area (Å²) in [5.41, 5.74) is 0.193. The fourth-order valence-corrected chi connectivity index (χ4v) is 8.19. The lowest BCUT2D eigenvalue weighted by atomic mass is 9.93. The van der Waals surface area contributed by atoms with E-state index in [2.05, 4.69) is 0 Å². The van der Waals surface area contributed by atoms with Crippen LogP contribution >= 0.6 is 0 Å². The Balaban J connectivity index is 3.82. The summed E-state index contributed by atoms with van der Waals surface area (Å²) < 4.78 is 354. The van der Waals surface area contributed by atoms with Gasteiger partial charge in [-0.05, 0) is 38.7 Å². The van der Waals surface area contributed by atoms with E-state index in [1.807, 2.05) is 0 Å². The van der Waals surface area contributed by atoms with Crippen molar-refractivity contribution in [1.29, 1.82) is 0 Å². The Morgan fingerprint density at radius 1 is 0.436 bits per heavy atom. The molecule has 0 saturated carbocycles. The Morgan fingerprint density at radius 3 is 0.927 bits per heavy atom. The van der Waals surface area contributed by atoms with Crippen LogP contribution in [0.25, 0.3) is 0 Å². The highest BCUT2D eigenvalue weighted by molar-refractivity contribution is 6.90. The number of alkyl halides is 26. The molecular formula is C27H25F26NSi. The van der Waals surface area contributed by atoms with Gasteiger partial charge in [0.25, 0.3) is 0 Å². The summed E-state index contributed by atoms with van der Waals surface area (Å²) in [6.45, 7) is 1.84. The summed E-state index contributed by atoms with van der Waals surface area (Å²) in [6.07, 6.45) is -21.8. The van der Waals surface area contributed by atoms with Crippen molar-refractivity contribution >= 4 is 13.3 Å². The number of rotatable bonds is 17. The van der Waals surface area contributed by atoms with Gasteiger partial charge in [-0.3, -0.25) is 0 Å². The van der Waals surface area contributed by atoms with Crippen LogP contribution in [0.4, 0.5) is 114 Å². The van der Waals surface area contributed by atoms with Crippen molar-refractivity contribution in [1.82, 2.24) is 4.90 Å². The van der Waals surface area contributed by atoms with Crippen LogP contribution in [-0.2, 0) is 0 Å². The first-order valence-corrected chi connectivity index (χ1v) is 17.3. The molecule has 1 nitrogen and oxygen atoms in total. The SMILES string of the molecule is C[C@H](c1ccc([Si](C)(CCC(F)(F)C(F)(F)C(F)(F)C(F)(F)C(F)(F)C(F)(F)F)CCC(F)(F)C(F)(F)C(F)(F)C(F)(F)C(F)(F)C(F)(F)F)cc1)N(C)C. The van der Waals surface area contributed by atoms with Gasteiger partial charge in [-0.25, -0.2) is 0 Å². The molecule has 0 aliphatic heterocycles. The van der Waals surface area contributed by atoms with Gasteiger partial charge in [0.05, 0.1) is 8.07 Å². The fraction of sp³-hybridized carbons (Fsp3) is 0.778. The zero-order valence-corrected chi connectivity index (χ0v) is 28.5. The molecule has 0 fully saturated rings. The van der Waals surface area contributed by atoms with Crippen LogP contribution in [0.3, 0.4) is 0 Å². The minimum absolute atomic E-state index is 0.193. The predicted octanol–water partition coefficient (Wildman–Crippen LogP) is 11.9. The molecule has 324 valence electrons. The highest BCUT2D eigenvalue weighted by atomic mass is 28.3. The van der Waals surface area contributed by atoms with E-state index in [0.29, 0.717) is 18.7 Å². The van der Waals surface area contributed by atoms with Gasteiger partial charge in [-0.2, -0.15) is 114 Å². The lowest BCUT2D eigenvalue weighted by molar-refractivity contribution is -0.440. The summed E-state index contributed by atoms with van der Waals surface area (Å²) in [4.78, 5) is 1.45. The molecule has 0 aromatic heterocycles. The van der Waals surface area contributed by atoms with Crippen molar-refractivity contribution in [3.05, 3.63) is 29.8 Å². The minimum atomic E-state index is -8.35. The number of nitrogens with zero attached hydrogens (tertiary/aromatic N) is 1. The Hall–Kier alpha value is -2.42. The molecule has 1 aromatic carbocycles. The molecular weight excluding hydrogens is 860 g/mol. The van der Waals surface area contributed by atoms with Crippen molar-refractivity contribution < 1.29 is 114 Å². The van der Waals surface area contributed by atoms with E-state index < -0.39 is 116 Å². The fourth-order valence-electron chi connectivity index (χ4n) is 4.66. The second kappa shape index (κ2) is 14.4. The van der Waals surface area contributed by atoms with Crippen molar-refractivity contribution in [3.63, 3.8) is 0 Å². The maximum Gasteiger partial charge on any atom is 0.460 e. The summed E-state index contributed by atoms with van der Waals surface area (Å²) >= 11 is 0. The highest BCUT2D eigenvalue weighted by Gasteiger charge is 2.92. The second-order valence-corrected chi connectivity index (χ2v) is 17.5. The van der Waals surface area contributed by atoms with Gasteiger partial charge in [-0.15, -0.1) is 0 Å². The first-order chi connectivity index (χ1) is 23.7. The predicted molar refractivity (Wildman–Crippen MR) is 140 cm³/mol. The molecule has 1 atom stereocenters. The van der Waals surface area contributed by atoms with Gasteiger partial charge in [0, 0.05) is 18.9 Å². The zero-order chi connectivity index (χ0) is 44.5. The molecule has 0 bridgehead atoms. The molecule has 55 heavy (non-hydrogen) atoms. The molecule has 0 amide bonds. The number of hydrogen-bond acceptors (Lipinski definition) is 1. The van der Waals surface area contributed by atoms with Crippen LogP contribution in [0.5, 0.6) is 0 Å². The summed E-state index contributed by atoms with van der Waals surface area (Å²) in [5, 5.41) is -0.721. The Morgan fingerprint density at radius 2 is 0.691 bits per heavy atom. The lowest BCUT2D eigenvalue weighted by Crippen LogP contribution is -2.70. The van der Waals surface area contributed by atoms with Gasteiger partial charge in [-0.1, -0.05) is 36.0 Å². The molecule has 0 heterocycles. The molecule has 0 saturated heterocycles. The van der Waals surface area contributed by atoms with Gasteiger partial charge >= 0.3 is 71.6 Å². The second-order valence-electron chi connectivity index (χ2n) is 12.8. The molecule has 0 spiro atoms. The number of benzene rings is 1. The van der Waals surface area contributed by atoms with Crippen LogP contribution in [0.15, 0.2) is 24.3 Å². The van der Waals surface area contributed by atoms with Crippen molar-refractivity contribution in [3.8, 4) is 0 Å². The Bertz CT molecular complexity index is 1380. The van der Waals surface area contributed by atoms with Crippen LogP contribution in [0, 0.1) is 0 Å². The standard InChI is InChI=1S/C27H25F26NSi/c1-13(54(2)3)14-5-7-15(8-6-14)55(4,11-9-16(28,29)18(32,33)20(36,37)22(40,41)24(44,45)26(48,49)50)12-10-17(30,31)19(34,35)21(38,39)23(42,43)25(46,47)27(51,52)53/h5-8,13H,9-12H2,1-4H3/t13-/m1/s1. The molecule has 0 aliphatic rings. The van der Waals surface area contributed by atoms with Gasteiger partial charge in [0.2, 0.25) is 0 Å². The topological polar surface area (TPSA) is 3.24 Å². The van der Waals surface area contributed by atoms with E-state index in [1.54, 1.807) is 0 Å². The maximum absolute atomic E-state index is 14.7. The van der Waals surface area contributed by atoms with Crippen molar-refractivity contribution in [2.45, 2.75) is 116 Å². The van der Waals surface area contributed by atoms with Gasteiger partial charge in [0.15, 0.2) is 0 Å². The summed E-state index contributed by atoms with van der Waals surface area (Å²) in [7, 11) is -2.21. The molecule has 1 aromatic rings. The van der Waals surface area contributed by atoms with Crippen LogP contribution in [0.2, 0.25) is 18.6 Å². The lowest BCUT2D eigenvalue weighted by Gasteiger charge is -2.41. The number of hydrogen-bond donors (Lipinski definition) is 0. The van der Waals surface area contributed by atoms with Crippen LogP contribution < -0.4 is 5.19 Å². The van der Waals surface area contributed by atoms with E-state index in [-0.39, 0.29) is 5.56 Å². The molecule has 28 heteroatoms. The normalized spacial score (nSPS) is 16.6. The first-order valence-electron chi connectivity index (χ1n) is 14.4. The quantitative estimate of drug-likeness (QED) is 0.111. The highest BCUT2D eigenvalue weighted by Crippen LogP contribution is 2.63. The Kier molecular flexibility index (Phi) is 13.3. The molecule has 1 rings (SSSR count).